The molecule has 0 saturated heterocycles. The summed E-state index contributed by atoms with van der Waals surface area (Å²) < 4.78 is 5.86. The largest absolute Gasteiger partial charge is 0.489 e. The van der Waals surface area contributed by atoms with Crippen molar-refractivity contribution in [2.45, 2.75) is 52.6 Å². The molecule has 0 bridgehead atoms. The van der Waals surface area contributed by atoms with Crippen LogP contribution in [0.25, 0.3) is 0 Å². The van der Waals surface area contributed by atoms with Crippen LogP contribution in [0, 0.1) is 28.9 Å². The van der Waals surface area contributed by atoms with Gasteiger partial charge in [-0.15, -0.1) is 0 Å². The second kappa shape index (κ2) is 6.20. The Bertz CT molecular complexity index is 480. The fourth-order valence-corrected chi connectivity index (χ4v) is 2.82. The van der Waals surface area contributed by atoms with E-state index in [-0.39, 0.29) is 11.8 Å². The van der Waals surface area contributed by atoms with Crippen LogP contribution in [0.5, 0.6) is 5.75 Å². The molecule has 0 spiro atoms. The van der Waals surface area contributed by atoms with Crippen molar-refractivity contribution in [3.8, 4) is 5.75 Å². The molecule has 1 aliphatic carbocycles. The second-order valence-electron chi connectivity index (χ2n) is 5.93. The Morgan fingerprint density at radius 2 is 2.00 bits per heavy atom. The first-order valence-electron chi connectivity index (χ1n) is 7.25. The molecule has 1 aromatic heterocycles. The normalized spacial score (nSPS) is 22.8. The summed E-state index contributed by atoms with van der Waals surface area (Å²) in [6, 6.07) is 1.48. The van der Waals surface area contributed by atoms with Crippen LogP contribution in [0.4, 0.5) is 5.69 Å². The van der Waals surface area contributed by atoms with Gasteiger partial charge < -0.3 is 4.74 Å². The Kier molecular flexibility index (Phi) is 4.57. The third-order valence-corrected chi connectivity index (χ3v) is 4.20. The third-order valence-electron chi connectivity index (χ3n) is 4.20. The monoisotopic (exact) mass is 278 g/mol. The highest BCUT2D eigenvalue weighted by Crippen LogP contribution is 2.32. The van der Waals surface area contributed by atoms with Gasteiger partial charge in [0.25, 0.3) is 5.69 Å². The summed E-state index contributed by atoms with van der Waals surface area (Å²) in [7, 11) is 0. The number of hydrogen-bond donors (Lipinski definition) is 0. The molecule has 0 atom stereocenters. The van der Waals surface area contributed by atoms with Gasteiger partial charge in [0.15, 0.2) is 0 Å². The molecule has 0 aliphatic heterocycles. The van der Waals surface area contributed by atoms with Crippen LogP contribution >= 0.6 is 0 Å². The minimum absolute atomic E-state index is 0.0263. The molecular formula is C15H22N2O3. The lowest BCUT2D eigenvalue weighted by Crippen LogP contribution is -2.26. The van der Waals surface area contributed by atoms with Gasteiger partial charge in [0.1, 0.15) is 11.4 Å². The van der Waals surface area contributed by atoms with Crippen molar-refractivity contribution < 1.29 is 9.66 Å². The van der Waals surface area contributed by atoms with Crippen LogP contribution in [0.1, 0.15) is 45.2 Å². The van der Waals surface area contributed by atoms with Gasteiger partial charge in [0.2, 0.25) is 0 Å². The number of aromatic nitrogens is 1. The highest BCUT2D eigenvalue weighted by atomic mass is 16.6. The molecule has 1 fully saturated rings. The van der Waals surface area contributed by atoms with Crippen molar-refractivity contribution in [3.63, 3.8) is 0 Å². The van der Waals surface area contributed by atoms with Gasteiger partial charge in [-0.2, -0.15) is 0 Å². The third kappa shape index (κ3) is 3.46. The van der Waals surface area contributed by atoms with Crippen LogP contribution in [0.15, 0.2) is 12.3 Å². The maximum atomic E-state index is 10.9. The summed E-state index contributed by atoms with van der Waals surface area (Å²) in [4.78, 5) is 14.5. The predicted molar refractivity (Wildman–Crippen MR) is 76.8 cm³/mol. The molecular weight excluding hydrogens is 256 g/mol. The standard InChI is InChI=1S/C15H22N2O3/c1-10(2)12-4-6-13(7-5-12)20-14-8-15(17(18)19)11(3)16-9-14/h8-10,12-13H,4-7H2,1-3H3. The summed E-state index contributed by atoms with van der Waals surface area (Å²) in [5.74, 6) is 2.01. The molecule has 1 aromatic rings. The second-order valence-corrected chi connectivity index (χ2v) is 5.93. The summed E-state index contributed by atoms with van der Waals surface area (Å²) in [5, 5.41) is 10.9. The molecule has 0 N–H and O–H groups in total. The van der Waals surface area contributed by atoms with Gasteiger partial charge >= 0.3 is 0 Å². The number of nitro groups is 1. The van der Waals surface area contributed by atoms with E-state index in [4.69, 9.17) is 4.74 Å². The molecule has 20 heavy (non-hydrogen) atoms. The van der Waals surface area contributed by atoms with E-state index in [0.717, 1.165) is 24.7 Å². The Morgan fingerprint density at radius 1 is 1.35 bits per heavy atom. The molecule has 0 unspecified atom stereocenters. The molecule has 2 rings (SSSR count). The highest BCUT2D eigenvalue weighted by molar-refractivity contribution is 5.40. The lowest BCUT2D eigenvalue weighted by Gasteiger charge is -2.31. The van der Waals surface area contributed by atoms with Crippen molar-refractivity contribution in [1.29, 1.82) is 0 Å². The zero-order chi connectivity index (χ0) is 14.7. The lowest BCUT2D eigenvalue weighted by atomic mass is 9.80. The van der Waals surface area contributed by atoms with Crippen LogP contribution in [-0.2, 0) is 0 Å². The minimum atomic E-state index is -0.412. The number of nitrogens with zero attached hydrogens (tertiary/aromatic N) is 2. The number of ether oxygens (including phenoxy) is 1. The predicted octanol–water partition coefficient (Wildman–Crippen LogP) is 3.89. The zero-order valence-electron chi connectivity index (χ0n) is 12.3. The van der Waals surface area contributed by atoms with Gasteiger partial charge in [-0.05, 0) is 44.4 Å². The first-order chi connectivity index (χ1) is 9.47. The molecule has 0 aromatic carbocycles. The number of rotatable bonds is 4. The SMILES string of the molecule is Cc1ncc(OC2CCC(C(C)C)CC2)cc1[N+](=O)[O-]. The van der Waals surface area contributed by atoms with E-state index in [2.05, 4.69) is 18.8 Å². The number of pyridine rings is 1. The molecule has 5 heteroatoms. The van der Waals surface area contributed by atoms with E-state index in [1.807, 2.05) is 0 Å². The number of hydrogen-bond acceptors (Lipinski definition) is 4. The van der Waals surface area contributed by atoms with E-state index in [0.29, 0.717) is 11.4 Å². The van der Waals surface area contributed by atoms with Gasteiger partial charge in [-0.25, -0.2) is 0 Å². The molecule has 1 saturated carbocycles. The smallest absolute Gasteiger partial charge is 0.294 e. The summed E-state index contributed by atoms with van der Waals surface area (Å²) in [6.45, 7) is 6.16. The van der Waals surface area contributed by atoms with Gasteiger partial charge in [0.05, 0.1) is 23.3 Å². The molecule has 110 valence electrons. The van der Waals surface area contributed by atoms with Crippen molar-refractivity contribution >= 4 is 5.69 Å². The maximum Gasteiger partial charge on any atom is 0.294 e. The summed E-state index contributed by atoms with van der Waals surface area (Å²) in [5.41, 5.74) is 0.448. The average Bonchev–Trinajstić information content (AvgIpc) is 2.41. The minimum Gasteiger partial charge on any atom is -0.489 e. The first kappa shape index (κ1) is 14.8. The summed E-state index contributed by atoms with van der Waals surface area (Å²) >= 11 is 0. The van der Waals surface area contributed by atoms with Gasteiger partial charge in [0, 0.05) is 0 Å². The van der Waals surface area contributed by atoms with E-state index in [9.17, 15) is 10.1 Å². The first-order valence-corrected chi connectivity index (χ1v) is 7.25. The Balaban J connectivity index is 1.98. The molecule has 0 radical (unpaired) electrons. The molecule has 1 aliphatic rings. The van der Waals surface area contributed by atoms with Crippen molar-refractivity contribution in [2.75, 3.05) is 0 Å². The van der Waals surface area contributed by atoms with Crippen molar-refractivity contribution in [3.05, 3.63) is 28.1 Å². The molecule has 0 amide bonds. The Morgan fingerprint density at radius 3 is 2.55 bits per heavy atom. The van der Waals surface area contributed by atoms with Crippen LogP contribution < -0.4 is 4.74 Å². The zero-order valence-corrected chi connectivity index (χ0v) is 12.3. The van der Waals surface area contributed by atoms with Crippen molar-refractivity contribution in [2.24, 2.45) is 11.8 Å². The van der Waals surface area contributed by atoms with E-state index < -0.39 is 4.92 Å². The quantitative estimate of drug-likeness (QED) is 0.619. The topological polar surface area (TPSA) is 65.3 Å². The van der Waals surface area contributed by atoms with E-state index in [1.165, 1.54) is 18.9 Å². The van der Waals surface area contributed by atoms with Crippen LogP contribution in [0.2, 0.25) is 0 Å². The van der Waals surface area contributed by atoms with Crippen LogP contribution in [-0.4, -0.2) is 16.0 Å². The molecule has 5 nitrogen and oxygen atoms in total. The number of aryl methyl sites for hydroxylation is 1. The maximum absolute atomic E-state index is 10.9. The average molecular weight is 278 g/mol. The van der Waals surface area contributed by atoms with Crippen LogP contribution in [0.3, 0.4) is 0 Å². The lowest BCUT2D eigenvalue weighted by molar-refractivity contribution is -0.385. The highest BCUT2D eigenvalue weighted by Gasteiger charge is 2.25. The van der Waals surface area contributed by atoms with Gasteiger partial charge in [-0.1, -0.05) is 13.8 Å². The Labute approximate surface area is 119 Å². The van der Waals surface area contributed by atoms with E-state index in [1.54, 1.807) is 13.1 Å². The van der Waals surface area contributed by atoms with Gasteiger partial charge in [-0.3, -0.25) is 15.1 Å². The fraction of sp³-hybridized carbons (Fsp3) is 0.667. The molecule has 1 heterocycles. The summed E-state index contributed by atoms with van der Waals surface area (Å²) in [6.07, 6.45) is 6.12. The van der Waals surface area contributed by atoms with Crippen molar-refractivity contribution in [1.82, 2.24) is 4.98 Å². The fourth-order valence-electron chi connectivity index (χ4n) is 2.82. The Hall–Kier alpha value is -1.65. The van der Waals surface area contributed by atoms with E-state index >= 15 is 0 Å².